The van der Waals surface area contributed by atoms with E-state index in [0.717, 1.165) is 17.7 Å². The fourth-order valence-corrected chi connectivity index (χ4v) is 15.6. The predicted molar refractivity (Wildman–Crippen MR) is 94.2 cm³/mol. The Morgan fingerprint density at radius 3 is 1.91 bits per heavy atom. The normalized spacial score (nSPS) is 38.3. The first-order chi connectivity index (χ1) is 10.8. The first kappa shape index (κ1) is 15.4. The van der Waals surface area contributed by atoms with Gasteiger partial charge in [0.05, 0.1) is 0 Å². The molecule has 0 aromatic heterocycles. The van der Waals surface area contributed by atoms with Crippen LogP contribution in [0.25, 0.3) is 0 Å². The third-order valence-electron chi connectivity index (χ3n) is 7.73. The van der Waals surface area contributed by atoms with Crippen LogP contribution in [0.1, 0.15) is 89.9 Å². The average Bonchev–Trinajstić information content (AvgIpc) is 3.14. The number of carbonyl (C=O) groups excluding carboxylic acids is 1. The van der Waals surface area contributed by atoms with Crippen molar-refractivity contribution in [1.82, 2.24) is 0 Å². The van der Waals surface area contributed by atoms with Gasteiger partial charge in [0.15, 0.2) is 0 Å². The summed E-state index contributed by atoms with van der Waals surface area (Å²) in [6, 6.07) is 0. The summed E-state index contributed by atoms with van der Waals surface area (Å²) in [6.45, 7) is 0. The van der Waals surface area contributed by atoms with Crippen molar-refractivity contribution >= 4 is 13.2 Å². The Balaban J connectivity index is 1.71. The van der Waals surface area contributed by atoms with Gasteiger partial charge < -0.3 is 0 Å². The SMILES string of the molecule is O=C1CCC2(CCC[PH]2(C2CCCCC2)C2CCCCC2)O1. The summed E-state index contributed by atoms with van der Waals surface area (Å²) in [6.07, 6.45) is 20.4. The van der Waals surface area contributed by atoms with Crippen LogP contribution < -0.4 is 0 Å². The van der Waals surface area contributed by atoms with Crippen LogP contribution in [0.5, 0.6) is 0 Å². The Hall–Kier alpha value is -0.100. The topological polar surface area (TPSA) is 26.3 Å². The second-order valence-corrected chi connectivity index (χ2v) is 13.7. The number of esters is 1. The van der Waals surface area contributed by atoms with Crippen molar-refractivity contribution in [1.29, 1.82) is 0 Å². The van der Waals surface area contributed by atoms with E-state index in [1.807, 2.05) is 0 Å². The van der Waals surface area contributed by atoms with E-state index in [2.05, 4.69) is 0 Å². The van der Waals surface area contributed by atoms with Gasteiger partial charge in [0.2, 0.25) is 0 Å². The van der Waals surface area contributed by atoms with E-state index in [1.165, 1.54) is 83.2 Å². The van der Waals surface area contributed by atoms with E-state index < -0.39 is 7.26 Å². The summed E-state index contributed by atoms with van der Waals surface area (Å²) in [7, 11) is -1.53. The first-order valence-corrected chi connectivity index (χ1v) is 12.3. The van der Waals surface area contributed by atoms with Crippen molar-refractivity contribution in [2.24, 2.45) is 0 Å². The predicted octanol–water partition coefficient (Wildman–Crippen LogP) is 5.23. The molecule has 0 bridgehead atoms. The summed E-state index contributed by atoms with van der Waals surface area (Å²) < 4.78 is 6.26. The molecule has 3 heteroatoms. The molecule has 0 aromatic rings. The Labute approximate surface area is 136 Å². The van der Waals surface area contributed by atoms with Gasteiger partial charge in [0.25, 0.3) is 0 Å². The zero-order valence-electron chi connectivity index (χ0n) is 14.1. The van der Waals surface area contributed by atoms with Crippen LogP contribution >= 0.6 is 7.26 Å². The zero-order valence-corrected chi connectivity index (χ0v) is 15.1. The average molecular weight is 324 g/mol. The van der Waals surface area contributed by atoms with E-state index in [4.69, 9.17) is 4.74 Å². The second-order valence-electron chi connectivity index (χ2n) is 8.53. The Kier molecular flexibility index (Phi) is 4.26. The molecule has 0 radical (unpaired) electrons. The van der Waals surface area contributed by atoms with Crippen LogP contribution in [0.15, 0.2) is 0 Å². The van der Waals surface area contributed by atoms with Gasteiger partial charge in [-0.15, -0.1) is 0 Å². The molecule has 4 rings (SSSR count). The molecule has 2 saturated carbocycles. The van der Waals surface area contributed by atoms with Crippen LogP contribution in [0.2, 0.25) is 0 Å². The van der Waals surface area contributed by atoms with Gasteiger partial charge in [0.1, 0.15) is 0 Å². The third kappa shape index (κ3) is 2.27. The van der Waals surface area contributed by atoms with Gasteiger partial charge >= 0.3 is 135 Å². The molecular formula is C19H33O2P. The molecule has 4 aliphatic rings. The van der Waals surface area contributed by atoms with E-state index in [9.17, 15) is 4.79 Å². The minimum absolute atomic E-state index is 0.0775. The van der Waals surface area contributed by atoms with Gasteiger partial charge in [-0.3, -0.25) is 0 Å². The van der Waals surface area contributed by atoms with Crippen LogP contribution in [-0.2, 0) is 9.53 Å². The standard InChI is InChI=1S/C19H33O2P/c20-18-12-14-19(21-18)13-7-15-22(19,16-8-3-1-4-9-16)17-10-5-2-6-11-17/h16-17,22H,1-15H2. The van der Waals surface area contributed by atoms with Crippen LogP contribution in [0.3, 0.4) is 0 Å². The quantitative estimate of drug-likeness (QED) is 0.513. The van der Waals surface area contributed by atoms with Crippen molar-refractivity contribution in [3.8, 4) is 0 Å². The summed E-state index contributed by atoms with van der Waals surface area (Å²) in [5.74, 6) is 0.130. The fourth-order valence-electron chi connectivity index (χ4n) is 6.98. The zero-order chi connectivity index (χ0) is 15.0. The van der Waals surface area contributed by atoms with E-state index in [-0.39, 0.29) is 11.3 Å². The minimum atomic E-state index is -1.53. The van der Waals surface area contributed by atoms with Crippen molar-refractivity contribution in [2.45, 2.75) is 107 Å². The molecule has 2 heterocycles. The molecule has 0 N–H and O–H groups in total. The number of carbonyl (C=O) groups is 1. The fraction of sp³-hybridized carbons (Fsp3) is 0.947. The second kappa shape index (κ2) is 6.08. The van der Waals surface area contributed by atoms with Crippen molar-refractivity contribution in [3.05, 3.63) is 0 Å². The molecule has 2 saturated heterocycles. The molecule has 2 aliphatic heterocycles. The third-order valence-corrected chi connectivity index (χ3v) is 15.3. The first-order valence-electron chi connectivity index (χ1n) is 9.99. The summed E-state index contributed by atoms with van der Waals surface area (Å²) in [5.41, 5.74) is 1.94. The summed E-state index contributed by atoms with van der Waals surface area (Å²) in [5, 5.41) is 0.0775. The molecule has 1 spiro atoms. The van der Waals surface area contributed by atoms with Crippen LogP contribution in [0.4, 0.5) is 0 Å². The van der Waals surface area contributed by atoms with E-state index in [1.54, 1.807) is 0 Å². The molecule has 0 aromatic carbocycles. The van der Waals surface area contributed by atoms with Crippen LogP contribution in [0, 0.1) is 0 Å². The summed E-state index contributed by atoms with van der Waals surface area (Å²) in [4.78, 5) is 12.1. The molecule has 4 fully saturated rings. The summed E-state index contributed by atoms with van der Waals surface area (Å²) >= 11 is 0. The monoisotopic (exact) mass is 324 g/mol. The van der Waals surface area contributed by atoms with Gasteiger partial charge in [-0.1, -0.05) is 0 Å². The van der Waals surface area contributed by atoms with Gasteiger partial charge in [-0.05, 0) is 0 Å². The Morgan fingerprint density at radius 1 is 0.818 bits per heavy atom. The molecule has 2 aliphatic carbocycles. The Bertz CT molecular complexity index is 405. The van der Waals surface area contributed by atoms with Crippen molar-refractivity contribution < 1.29 is 9.53 Å². The van der Waals surface area contributed by atoms with E-state index >= 15 is 0 Å². The molecule has 1 unspecified atom stereocenters. The maximum atomic E-state index is 12.1. The molecule has 1 atom stereocenters. The molecular weight excluding hydrogens is 291 g/mol. The molecule has 0 amide bonds. The molecule has 126 valence electrons. The molecule has 22 heavy (non-hydrogen) atoms. The molecule has 2 nitrogen and oxygen atoms in total. The van der Waals surface area contributed by atoms with Gasteiger partial charge in [-0.25, -0.2) is 0 Å². The van der Waals surface area contributed by atoms with E-state index in [0.29, 0.717) is 6.42 Å². The van der Waals surface area contributed by atoms with Crippen molar-refractivity contribution in [2.75, 3.05) is 6.16 Å². The number of rotatable bonds is 2. The maximum absolute atomic E-state index is 12.1. The van der Waals surface area contributed by atoms with Crippen LogP contribution in [-0.4, -0.2) is 28.8 Å². The van der Waals surface area contributed by atoms with Crippen molar-refractivity contribution in [3.63, 3.8) is 0 Å². The Morgan fingerprint density at radius 2 is 1.41 bits per heavy atom. The van der Waals surface area contributed by atoms with Gasteiger partial charge in [0, 0.05) is 0 Å². The number of ether oxygens (including phenoxy) is 1. The number of hydrogen-bond donors (Lipinski definition) is 0. The van der Waals surface area contributed by atoms with Gasteiger partial charge in [-0.2, -0.15) is 0 Å². The number of hydrogen-bond acceptors (Lipinski definition) is 2.